The van der Waals surface area contributed by atoms with Crippen molar-refractivity contribution in [2.45, 2.75) is 51.6 Å². The molecule has 5 nitrogen and oxygen atoms in total. The monoisotopic (exact) mass is 323 g/mol. The van der Waals surface area contributed by atoms with Crippen LogP contribution in [-0.2, 0) is 0 Å². The van der Waals surface area contributed by atoms with Crippen molar-refractivity contribution in [1.82, 2.24) is 20.4 Å². The molecule has 1 aliphatic heterocycles. The van der Waals surface area contributed by atoms with Crippen LogP contribution in [0.4, 0.5) is 0 Å². The first kappa shape index (κ1) is 18.5. The van der Waals surface area contributed by atoms with E-state index in [9.17, 15) is 0 Å². The SMILES string of the molecule is CN=C(NCC1CN(C)CCN1C)NC1CCC(C(C)C)CC1. The molecule has 2 N–H and O–H groups in total. The first-order valence-corrected chi connectivity index (χ1v) is 9.35. The van der Waals surface area contributed by atoms with Crippen LogP contribution < -0.4 is 10.6 Å². The normalized spacial score (nSPS) is 31.4. The van der Waals surface area contributed by atoms with Gasteiger partial charge >= 0.3 is 0 Å². The van der Waals surface area contributed by atoms with Gasteiger partial charge in [0, 0.05) is 45.3 Å². The fourth-order valence-corrected chi connectivity index (χ4v) is 3.85. The van der Waals surface area contributed by atoms with E-state index in [4.69, 9.17) is 0 Å². The maximum Gasteiger partial charge on any atom is 0.191 e. The summed E-state index contributed by atoms with van der Waals surface area (Å²) in [7, 11) is 6.31. The molecule has 0 aromatic heterocycles. The third kappa shape index (κ3) is 5.64. The quantitative estimate of drug-likeness (QED) is 0.609. The van der Waals surface area contributed by atoms with E-state index in [1.54, 1.807) is 0 Å². The first-order valence-electron chi connectivity index (χ1n) is 9.35. The smallest absolute Gasteiger partial charge is 0.191 e. The molecule has 1 atom stereocenters. The summed E-state index contributed by atoms with van der Waals surface area (Å²) >= 11 is 0. The van der Waals surface area contributed by atoms with Crippen molar-refractivity contribution in [3.63, 3.8) is 0 Å². The van der Waals surface area contributed by atoms with Crippen LogP contribution in [0.1, 0.15) is 39.5 Å². The van der Waals surface area contributed by atoms with Gasteiger partial charge in [-0.05, 0) is 51.6 Å². The van der Waals surface area contributed by atoms with Gasteiger partial charge < -0.3 is 15.5 Å². The van der Waals surface area contributed by atoms with E-state index in [1.807, 2.05) is 7.05 Å². The van der Waals surface area contributed by atoms with Crippen molar-refractivity contribution in [3.8, 4) is 0 Å². The van der Waals surface area contributed by atoms with Gasteiger partial charge in [0.1, 0.15) is 0 Å². The molecule has 1 saturated carbocycles. The van der Waals surface area contributed by atoms with Crippen LogP contribution >= 0.6 is 0 Å². The second-order valence-electron chi connectivity index (χ2n) is 7.85. The highest BCUT2D eigenvalue weighted by Crippen LogP contribution is 2.29. The molecule has 1 saturated heterocycles. The number of guanidine groups is 1. The number of rotatable bonds is 4. The lowest BCUT2D eigenvalue weighted by molar-refractivity contribution is 0.116. The van der Waals surface area contributed by atoms with Gasteiger partial charge in [-0.3, -0.25) is 9.89 Å². The summed E-state index contributed by atoms with van der Waals surface area (Å²) in [4.78, 5) is 9.29. The average Bonchev–Trinajstić information content (AvgIpc) is 2.54. The van der Waals surface area contributed by atoms with Crippen LogP contribution in [0.2, 0.25) is 0 Å². The van der Waals surface area contributed by atoms with E-state index < -0.39 is 0 Å². The molecule has 0 aromatic carbocycles. The highest BCUT2D eigenvalue weighted by molar-refractivity contribution is 5.80. The molecule has 0 amide bonds. The molecule has 23 heavy (non-hydrogen) atoms. The molecule has 1 heterocycles. The third-order valence-electron chi connectivity index (χ3n) is 5.76. The van der Waals surface area contributed by atoms with E-state index in [0.29, 0.717) is 12.1 Å². The van der Waals surface area contributed by atoms with Gasteiger partial charge in [0.25, 0.3) is 0 Å². The molecule has 0 aromatic rings. The minimum absolute atomic E-state index is 0.559. The van der Waals surface area contributed by atoms with Crippen molar-refractivity contribution < 1.29 is 0 Å². The van der Waals surface area contributed by atoms with Crippen LogP contribution in [0.25, 0.3) is 0 Å². The van der Waals surface area contributed by atoms with Gasteiger partial charge in [0.05, 0.1) is 0 Å². The van der Waals surface area contributed by atoms with Gasteiger partial charge in [-0.15, -0.1) is 0 Å². The summed E-state index contributed by atoms with van der Waals surface area (Å²) in [5.74, 6) is 2.71. The van der Waals surface area contributed by atoms with Crippen molar-refractivity contribution in [2.24, 2.45) is 16.8 Å². The molecule has 0 bridgehead atoms. The Labute approximate surface area is 142 Å². The maximum atomic E-state index is 4.43. The number of nitrogens with zero attached hydrogens (tertiary/aromatic N) is 3. The highest BCUT2D eigenvalue weighted by atomic mass is 15.3. The predicted molar refractivity (Wildman–Crippen MR) is 99.0 cm³/mol. The van der Waals surface area contributed by atoms with E-state index in [0.717, 1.165) is 37.4 Å². The van der Waals surface area contributed by atoms with E-state index in [-0.39, 0.29) is 0 Å². The Hall–Kier alpha value is -0.810. The third-order valence-corrected chi connectivity index (χ3v) is 5.76. The van der Waals surface area contributed by atoms with E-state index in [2.05, 4.69) is 53.4 Å². The van der Waals surface area contributed by atoms with Crippen LogP contribution in [0.3, 0.4) is 0 Å². The largest absolute Gasteiger partial charge is 0.355 e. The molecule has 2 rings (SSSR count). The summed E-state index contributed by atoms with van der Waals surface area (Å²) in [5.41, 5.74) is 0. The fraction of sp³-hybridized carbons (Fsp3) is 0.944. The Morgan fingerprint density at radius 2 is 1.83 bits per heavy atom. The number of nitrogens with one attached hydrogen (secondary N) is 2. The standard InChI is InChI=1S/C18H37N5/c1-14(2)15-6-8-16(9-7-15)21-18(19-3)20-12-17-13-22(4)10-11-23(17)5/h14-17H,6-13H2,1-5H3,(H2,19,20,21). The van der Waals surface area contributed by atoms with Crippen LogP contribution in [0, 0.1) is 11.8 Å². The Balaban J connectivity index is 1.73. The molecular formula is C18H37N5. The first-order chi connectivity index (χ1) is 11.0. The zero-order valence-electron chi connectivity index (χ0n) is 15.8. The fourth-order valence-electron chi connectivity index (χ4n) is 3.85. The van der Waals surface area contributed by atoms with Crippen LogP contribution in [0.5, 0.6) is 0 Å². The molecule has 2 aliphatic rings. The molecule has 1 unspecified atom stereocenters. The summed E-state index contributed by atoms with van der Waals surface area (Å²) in [5, 5.41) is 7.18. The van der Waals surface area contributed by atoms with Crippen molar-refractivity contribution in [2.75, 3.05) is 47.3 Å². The number of aliphatic imine (C=N–C) groups is 1. The number of likely N-dealkylation sites (N-methyl/N-ethyl adjacent to an activating group) is 2. The van der Waals surface area contributed by atoms with Gasteiger partial charge in [-0.1, -0.05) is 13.8 Å². The second-order valence-corrected chi connectivity index (χ2v) is 7.85. The summed E-state index contributed by atoms with van der Waals surface area (Å²) in [6.07, 6.45) is 5.25. The Kier molecular flexibility index (Phi) is 7.15. The maximum absolute atomic E-state index is 4.43. The Morgan fingerprint density at radius 1 is 1.13 bits per heavy atom. The topological polar surface area (TPSA) is 42.9 Å². The lowest BCUT2D eigenvalue weighted by atomic mass is 9.80. The Morgan fingerprint density at radius 3 is 2.43 bits per heavy atom. The molecule has 0 radical (unpaired) electrons. The lowest BCUT2D eigenvalue weighted by Crippen LogP contribution is -2.56. The molecule has 134 valence electrons. The van der Waals surface area contributed by atoms with Gasteiger partial charge in [-0.2, -0.15) is 0 Å². The zero-order chi connectivity index (χ0) is 16.8. The van der Waals surface area contributed by atoms with Crippen molar-refractivity contribution >= 4 is 5.96 Å². The number of piperazine rings is 1. The molecule has 2 fully saturated rings. The molecule has 5 heteroatoms. The molecule has 1 aliphatic carbocycles. The second kappa shape index (κ2) is 8.88. The average molecular weight is 324 g/mol. The van der Waals surface area contributed by atoms with Gasteiger partial charge in [-0.25, -0.2) is 0 Å². The van der Waals surface area contributed by atoms with Crippen LogP contribution in [-0.4, -0.2) is 75.2 Å². The highest BCUT2D eigenvalue weighted by Gasteiger charge is 2.25. The van der Waals surface area contributed by atoms with Gasteiger partial charge in [0.15, 0.2) is 5.96 Å². The number of hydrogen-bond acceptors (Lipinski definition) is 3. The predicted octanol–water partition coefficient (Wildman–Crippen LogP) is 1.61. The Bertz CT molecular complexity index is 374. The summed E-state index contributed by atoms with van der Waals surface area (Å²) in [6.45, 7) is 9.11. The van der Waals surface area contributed by atoms with E-state index >= 15 is 0 Å². The zero-order valence-corrected chi connectivity index (χ0v) is 15.8. The van der Waals surface area contributed by atoms with Crippen LogP contribution in [0.15, 0.2) is 4.99 Å². The van der Waals surface area contributed by atoms with Gasteiger partial charge in [0.2, 0.25) is 0 Å². The lowest BCUT2D eigenvalue weighted by Gasteiger charge is -2.38. The minimum atomic E-state index is 0.559. The number of hydrogen-bond donors (Lipinski definition) is 2. The van der Waals surface area contributed by atoms with E-state index in [1.165, 1.54) is 32.2 Å². The molecule has 0 spiro atoms. The summed E-state index contributed by atoms with van der Waals surface area (Å²) in [6, 6.07) is 1.15. The minimum Gasteiger partial charge on any atom is -0.355 e. The van der Waals surface area contributed by atoms with Crippen molar-refractivity contribution in [1.29, 1.82) is 0 Å². The summed E-state index contributed by atoms with van der Waals surface area (Å²) < 4.78 is 0. The molecular weight excluding hydrogens is 286 g/mol. The van der Waals surface area contributed by atoms with Crippen molar-refractivity contribution in [3.05, 3.63) is 0 Å².